The van der Waals surface area contributed by atoms with Crippen LogP contribution >= 0.6 is 11.3 Å². The molecule has 0 bridgehead atoms. The molecule has 10 heteroatoms. The zero-order valence-electron chi connectivity index (χ0n) is 26.8. The van der Waals surface area contributed by atoms with E-state index in [1.165, 1.54) is 37.8 Å². The molecule has 1 atom stereocenters. The van der Waals surface area contributed by atoms with Crippen molar-refractivity contribution in [2.45, 2.75) is 96.7 Å². The van der Waals surface area contributed by atoms with Crippen molar-refractivity contribution >= 4 is 23.2 Å². The molecule has 45 heavy (non-hydrogen) atoms. The van der Waals surface area contributed by atoms with Crippen molar-refractivity contribution in [1.29, 1.82) is 0 Å². The zero-order chi connectivity index (χ0) is 31.7. The average molecular weight is 634 g/mol. The summed E-state index contributed by atoms with van der Waals surface area (Å²) in [7, 11) is 0. The molecule has 1 aliphatic carbocycles. The van der Waals surface area contributed by atoms with Crippen molar-refractivity contribution in [1.82, 2.24) is 25.3 Å². The number of hydrogen-bond acceptors (Lipinski definition) is 7. The van der Waals surface area contributed by atoms with Gasteiger partial charge in [-0.15, -0.1) is 10.2 Å². The summed E-state index contributed by atoms with van der Waals surface area (Å²) in [6.07, 6.45) is 7.20. The molecule has 6 rings (SSSR count). The Hall–Kier alpha value is -3.37. The van der Waals surface area contributed by atoms with Crippen molar-refractivity contribution in [2.75, 3.05) is 19.6 Å². The molecule has 2 saturated heterocycles. The number of hydrogen-bond donors (Lipinski definition) is 1. The predicted octanol–water partition coefficient (Wildman–Crippen LogP) is 7.16. The van der Waals surface area contributed by atoms with Gasteiger partial charge in [0.2, 0.25) is 5.91 Å². The number of carbonyl (C=O) groups excluding carboxylic acids is 2. The fraction of sp³-hybridized carbons (Fsp3) is 0.543. The van der Waals surface area contributed by atoms with E-state index in [0.717, 1.165) is 41.5 Å². The van der Waals surface area contributed by atoms with Gasteiger partial charge in [-0.25, -0.2) is 4.39 Å². The van der Waals surface area contributed by atoms with E-state index in [0.29, 0.717) is 35.9 Å². The third kappa shape index (κ3) is 7.07. The van der Waals surface area contributed by atoms with Crippen LogP contribution in [0.3, 0.4) is 0 Å². The molecule has 1 aromatic heterocycles. The highest BCUT2D eigenvalue weighted by atomic mass is 32.1. The van der Waals surface area contributed by atoms with Crippen LogP contribution in [-0.4, -0.2) is 63.0 Å². The lowest BCUT2D eigenvalue weighted by Crippen LogP contribution is -2.52. The van der Waals surface area contributed by atoms with Gasteiger partial charge in [-0.2, -0.15) is 0 Å². The van der Waals surface area contributed by atoms with Crippen LogP contribution in [0.2, 0.25) is 0 Å². The van der Waals surface area contributed by atoms with Crippen LogP contribution in [0.15, 0.2) is 36.4 Å². The van der Waals surface area contributed by atoms with Crippen molar-refractivity contribution in [3.05, 3.63) is 58.3 Å². The number of rotatable bonds is 9. The molecule has 0 radical (unpaired) electrons. The quantitative estimate of drug-likeness (QED) is 0.269. The molecule has 3 aromatic rings. The molecule has 1 N–H and O–H groups in total. The van der Waals surface area contributed by atoms with Gasteiger partial charge in [0, 0.05) is 61.2 Å². The minimum Gasteiger partial charge on any atom is -0.457 e. The van der Waals surface area contributed by atoms with Crippen molar-refractivity contribution < 1.29 is 18.7 Å². The first-order valence-electron chi connectivity index (χ1n) is 16.4. The first-order valence-corrected chi connectivity index (χ1v) is 17.2. The maximum Gasteiger partial charge on any atom is 0.254 e. The number of aromatic nitrogens is 2. The largest absolute Gasteiger partial charge is 0.457 e. The predicted molar refractivity (Wildman–Crippen MR) is 174 cm³/mol. The Labute approximate surface area is 269 Å². The molecule has 3 aliphatic rings. The standard InChI is InChI=1S/C35H44FN5O3S/c1-22(2)33-38-39-34(45-33)24-7-9-27(10-8-24)44-30-19-28(29(36)18-25(30)21-40-20-23(3)17-31(40)42)32(43)37-26-11-15-41(16-12-26)35(4)13-5-6-14-35/h7-10,18-19,22-23,26H,5-6,11-17,20-21H2,1-4H3,(H,37,43)/t23-/m0/s1. The Bertz CT molecular complexity index is 1530. The summed E-state index contributed by atoms with van der Waals surface area (Å²) < 4.78 is 21.9. The molecule has 3 heterocycles. The number of piperidine rings is 1. The van der Waals surface area contributed by atoms with Gasteiger partial charge >= 0.3 is 0 Å². The van der Waals surface area contributed by atoms with Gasteiger partial charge < -0.3 is 15.0 Å². The number of ether oxygens (including phenoxy) is 1. The van der Waals surface area contributed by atoms with E-state index in [1.54, 1.807) is 16.2 Å². The van der Waals surface area contributed by atoms with E-state index < -0.39 is 11.7 Å². The highest BCUT2D eigenvalue weighted by molar-refractivity contribution is 7.14. The Kier molecular flexibility index (Phi) is 9.24. The van der Waals surface area contributed by atoms with Gasteiger partial charge in [-0.1, -0.05) is 44.9 Å². The number of halogens is 1. The highest BCUT2D eigenvalue weighted by Gasteiger charge is 2.37. The van der Waals surface area contributed by atoms with E-state index in [4.69, 9.17) is 4.74 Å². The molecule has 3 fully saturated rings. The van der Waals surface area contributed by atoms with Gasteiger partial charge in [-0.3, -0.25) is 14.5 Å². The van der Waals surface area contributed by atoms with Crippen LogP contribution in [0.1, 0.15) is 99.5 Å². The molecule has 240 valence electrons. The van der Waals surface area contributed by atoms with Crippen LogP contribution in [0.5, 0.6) is 11.5 Å². The van der Waals surface area contributed by atoms with Crippen LogP contribution in [0.25, 0.3) is 10.6 Å². The van der Waals surface area contributed by atoms with Gasteiger partial charge in [0.05, 0.1) is 5.56 Å². The van der Waals surface area contributed by atoms with Crippen molar-refractivity contribution in [3.63, 3.8) is 0 Å². The first-order chi connectivity index (χ1) is 21.6. The molecular formula is C35H44FN5O3S. The zero-order valence-corrected chi connectivity index (χ0v) is 27.6. The molecule has 2 aliphatic heterocycles. The molecule has 0 spiro atoms. The summed E-state index contributed by atoms with van der Waals surface area (Å²) in [6.45, 7) is 11.3. The number of amides is 2. The van der Waals surface area contributed by atoms with Crippen molar-refractivity contribution in [2.24, 2.45) is 5.92 Å². The molecule has 1 saturated carbocycles. The number of likely N-dealkylation sites (tertiary alicyclic amines) is 2. The Morgan fingerprint density at radius 1 is 1.13 bits per heavy atom. The average Bonchev–Trinajstić information content (AvgIpc) is 3.76. The number of benzene rings is 2. The maximum absolute atomic E-state index is 15.6. The number of nitrogens with zero attached hydrogens (tertiary/aromatic N) is 4. The van der Waals surface area contributed by atoms with Crippen molar-refractivity contribution in [3.8, 4) is 22.1 Å². The first kappa shape index (κ1) is 31.6. The molecule has 0 unspecified atom stereocenters. The summed E-state index contributed by atoms with van der Waals surface area (Å²) in [5.74, 6) is 0.440. The smallest absolute Gasteiger partial charge is 0.254 e. The van der Waals surface area contributed by atoms with E-state index in [9.17, 15) is 9.59 Å². The van der Waals surface area contributed by atoms with Gasteiger partial charge in [0.1, 0.15) is 27.3 Å². The van der Waals surface area contributed by atoms with Crippen LogP contribution < -0.4 is 10.1 Å². The van der Waals surface area contributed by atoms with E-state index in [1.807, 2.05) is 31.2 Å². The lowest BCUT2D eigenvalue weighted by molar-refractivity contribution is -0.128. The molecular weight excluding hydrogens is 589 g/mol. The van der Waals surface area contributed by atoms with E-state index >= 15 is 4.39 Å². The van der Waals surface area contributed by atoms with Crippen LogP contribution in [0, 0.1) is 11.7 Å². The summed E-state index contributed by atoms with van der Waals surface area (Å²) in [5.41, 5.74) is 1.67. The third-order valence-electron chi connectivity index (χ3n) is 9.70. The minimum absolute atomic E-state index is 0.00462. The molecule has 2 amide bonds. The second-order valence-electron chi connectivity index (χ2n) is 13.7. The fourth-order valence-corrected chi connectivity index (χ4v) is 7.82. The molecule has 2 aromatic carbocycles. The van der Waals surface area contributed by atoms with E-state index in [2.05, 4.69) is 41.2 Å². The maximum atomic E-state index is 15.6. The highest BCUT2D eigenvalue weighted by Crippen LogP contribution is 2.37. The van der Waals surface area contributed by atoms with Crippen LogP contribution in [0.4, 0.5) is 4.39 Å². The topological polar surface area (TPSA) is 87.7 Å². The second kappa shape index (κ2) is 13.2. The Morgan fingerprint density at radius 2 is 1.84 bits per heavy atom. The van der Waals surface area contributed by atoms with Crippen LogP contribution in [-0.2, 0) is 11.3 Å². The van der Waals surface area contributed by atoms with Gasteiger partial charge in [-0.05, 0) is 74.9 Å². The number of nitrogens with one attached hydrogen (secondary N) is 1. The van der Waals surface area contributed by atoms with Gasteiger partial charge in [0.25, 0.3) is 5.91 Å². The van der Waals surface area contributed by atoms with Gasteiger partial charge in [0.15, 0.2) is 0 Å². The Balaban J connectivity index is 1.20. The Morgan fingerprint density at radius 3 is 2.47 bits per heavy atom. The SMILES string of the molecule is CC(C)c1nnc(-c2ccc(Oc3cc(C(=O)NC4CCN(C5(C)CCCC5)CC4)c(F)cc3CN3C[C@@H](C)CC3=O)cc2)s1. The summed E-state index contributed by atoms with van der Waals surface area (Å²) in [5, 5.41) is 13.5. The lowest BCUT2D eigenvalue weighted by Gasteiger charge is -2.43. The molecule has 8 nitrogen and oxygen atoms in total. The fourth-order valence-electron chi connectivity index (χ4n) is 6.97. The normalized spacial score (nSPS) is 20.7. The minimum atomic E-state index is -0.613. The van der Waals surface area contributed by atoms with E-state index in [-0.39, 0.29) is 35.5 Å². The monoisotopic (exact) mass is 633 g/mol. The second-order valence-corrected chi connectivity index (χ2v) is 14.7. The summed E-state index contributed by atoms with van der Waals surface area (Å²) in [6, 6.07) is 10.3. The third-order valence-corrected chi connectivity index (χ3v) is 11.0. The summed E-state index contributed by atoms with van der Waals surface area (Å²) >= 11 is 1.56. The lowest BCUT2D eigenvalue weighted by atomic mass is 9.93. The summed E-state index contributed by atoms with van der Waals surface area (Å²) in [4.78, 5) is 30.3. The number of carbonyl (C=O) groups is 2.